The van der Waals surface area contributed by atoms with Crippen LogP contribution in [-0.4, -0.2) is 42.4 Å². The summed E-state index contributed by atoms with van der Waals surface area (Å²) in [5.41, 5.74) is 0.171. The van der Waals surface area contributed by atoms with Gasteiger partial charge in [0.15, 0.2) is 6.61 Å². The molecule has 4 rings (SSSR count). The Morgan fingerprint density at radius 1 is 1.03 bits per heavy atom. The van der Waals surface area contributed by atoms with Gasteiger partial charge in [0.2, 0.25) is 0 Å². The van der Waals surface area contributed by atoms with Crippen molar-refractivity contribution < 1.29 is 33.6 Å². The number of amides is 5. The summed E-state index contributed by atoms with van der Waals surface area (Å²) in [6.07, 6.45) is 1.25. The summed E-state index contributed by atoms with van der Waals surface area (Å²) in [6.45, 7) is -0.305. The molecule has 0 spiro atoms. The molecular weight excluding hydrogens is 496 g/mol. The molecular formula is C26H20N4O8. The summed E-state index contributed by atoms with van der Waals surface area (Å²) >= 11 is 0. The lowest BCUT2D eigenvalue weighted by Crippen LogP contribution is -2.54. The van der Waals surface area contributed by atoms with E-state index in [0.717, 1.165) is 6.07 Å². The Bertz CT molecular complexity index is 1470. The van der Waals surface area contributed by atoms with Gasteiger partial charge < -0.3 is 14.8 Å². The molecule has 0 unspecified atom stereocenters. The largest absolute Gasteiger partial charge is 0.497 e. The topological polar surface area (TPSA) is 157 Å². The van der Waals surface area contributed by atoms with E-state index in [9.17, 15) is 29.3 Å². The molecule has 0 saturated carbocycles. The number of nitrogens with zero attached hydrogens (tertiary/aromatic N) is 2. The fourth-order valence-electron chi connectivity index (χ4n) is 3.52. The summed E-state index contributed by atoms with van der Waals surface area (Å²) in [4.78, 5) is 61.2. The first-order chi connectivity index (χ1) is 18.2. The fraction of sp³-hybridized carbons (Fsp3) is 0.0769. The van der Waals surface area contributed by atoms with E-state index in [1.165, 1.54) is 37.5 Å². The summed E-state index contributed by atoms with van der Waals surface area (Å²) in [7, 11) is 1.54. The third-order valence-electron chi connectivity index (χ3n) is 5.31. The van der Waals surface area contributed by atoms with Crippen molar-refractivity contribution >= 4 is 46.9 Å². The maximum Gasteiger partial charge on any atom is 0.335 e. The van der Waals surface area contributed by atoms with Gasteiger partial charge in [-0.1, -0.05) is 18.2 Å². The quantitative estimate of drug-likeness (QED) is 0.200. The second kappa shape index (κ2) is 11.0. The van der Waals surface area contributed by atoms with E-state index in [4.69, 9.17) is 9.47 Å². The van der Waals surface area contributed by atoms with Crippen LogP contribution >= 0.6 is 0 Å². The van der Waals surface area contributed by atoms with Crippen LogP contribution in [0.3, 0.4) is 0 Å². The zero-order valence-corrected chi connectivity index (χ0v) is 19.9. The first-order valence-corrected chi connectivity index (χ1v) is 11.1. The lowest BCUT2D eigenvalue weighted by atomic mass is 10.1. The van der Waals surface area contributed by atoms with Crippen LogP contribution in [0.4, 0.5) is 21.9 Å². The van der Waals surface area contributed by atoms with E-state index in [0.29, 0.717) is 27.6 Å². The SMILES string of the molecule is COc1ccc(NC(=O)COc2cccc(/C=C3/C(=O)NC(=O)N(c4cccc([N+](=O)[O-])c4)C3=O)c2)cc1. The fourth-order valence-corrected chi connectivity index (χ4v) is 3.52. The summed E-state index contributed by atoms with van der Waals surface area (Å²) in [5.74, 6) is -1.35. The Kier molecular flexibility index (Phi) is 7.43. The molecule has 0 aliphatic carbocycles. The van der Waals surface area contributed by atoms with Crippen molar-refractivity contribution in [3.8, 4) is 11.5 Å². The maximum absolute atomic E-state index is 13.1. The highest BCUT2D eigenvalue weighted by molar-refractivity contribution is 6.39. The number of hydrogen-bond acceptors (Lipinski definition) is 8. The zero-order chi connectivity index (χ0) is 27.2. The molecule has 1 fully saturated rings. The number of rotatable bonds is 8. The van der Waals surface area contributed by atoms with Crippen molar-refractivity contribution in [3.05, 3.63) is 94.0 Å². The summed E-state index contributed by atoms with van der Waals surface area (Å²) < 4.78 is 10.6. The second-order valence-electron chi connectivity index (χ2n) is 7.87. The monoisotopic (exact) mass is 516 g/mol. The molecule has 3 aromatic carbocycles. The van der Waals surface area contributed by atoms with Gasteiger partial charge in [-0.05, 0) is 54.1 Å². The van der Waals surface area contributed by atoms with Crippen LogP contribution in [0.2, 0.25) is 0 Å². The van der Waals surface area contributed by atoms with E-state index in [-0.39, 0.29) is 23.6 Å². The molecule has 1 aliphatic heterocycles. The van der Waals surface area contributed by atoms with E-state index in [1.807, 2.05) is 0 Å². The van der Waals surface area contributed by atoms with Crippen molar-refractivity contribution in [3.63, 3.8) is 0 Å². The second-order valence-corrected chi connectivity index (χ2v) is 7.87. The highest BCUT2D eigenvalue weighted by atomic mass is 16.6. The molecule has 1 heterocycles. The minimum atomic E-state index is -1.03. The van der Waals surface area contributed by atoms with E-state index >= 15 is 0 Å². The molecule has 12 nitrogen and oxygen atoms in total. The number of nitro benzene ring substituents is 1. The zero-order valence-electron chi connectivity index (χ0n) is 19.9. The van der Waals surface area contributed by atoms with Crippen molar-refractivity contribution in [2.75, 3.05) is 23.9 Å². The molecule has 1 saturated heterocycles. The molecule has 192 valence electrons. The predicted molar refractivity (Wildman–Crippen MR) is 136 cm³/mol. The molecule has 0 atom stereocenters. The number of urea groups is 1. The minimum Gasteiger partial charge on any atom is -0.497 e. The average molecular weight is 516 g/mol. The number of nitro groups is 1. The van der Waals surface area contributed by atoms with Crippen molar-refractivity contribution in [1.82, 2.24) is 5.32 Å². The van der Waals surface area contributed by atoms with E-state index in [2.05, 4.69) is 10.6 Å². The highest BCUT2D eigenvalue weighted by Crippen LogP contribution is 2.26. The molecule has 1 aliphatic rings. The molecule has 3 aromatic rings. The van der Waals surface area contributed by atoms with Crippen molar-refractivity contribution in [2.45, 2.75) is 0 Å². The number of ether oxygens (including phenoxy) is 2. The first-order valence-electron chi connectivity index (χ1n) is 11.1. The lowest BCUT2D eigenvalue weighted by Gasteiger charge is -2.26. The Hall–Kier alpha value is -5.52. The number of imide groups is 2. The number of carbonyl (C=O) groups excluding carboxylic acids is 4. The van der Waals surface area contributed by atoms with Gasteiger partial charge in [0.1, 0.15) is 17.1 Å². The molecule has 5 amide bonds. The molecule has 38 heavy (non-hydrogen) atoms. The van der Waals surface area contributed by atoms with Crippen LogP contribution in [-0.2, 0) is 14.4 Å². The third-order valence-corrected chi connectivity index (χ3v) is 5.31. The van der Waals surface area contributed by atoms with Crippen LogP contribution in [0.25, 0.3) is 6.08 Å². The van der Waals surface area contributed by atoms with Gasteiger partial charge >= 0.3 is 6.03 Å². The smallest absolute Gasteiger partial charge is 0.335 e. The number of nitrogens with one attached hydrogen (secondary N) is 2. The van der Waals surface area contributed by atoms with Gasteiger partial charge in [0, 0.05) is 17.8 Å². The van der Waals surface area contributed by atoms with Gasteiger partial charge in [-0.25, -0.2) is 9.69 Å². The minimum absolute atomic E-state index is 0.0694. The molecule has 12 heteroatoms. The van der Waals surface area contributed by atoms with Crippen LogP contribution in [0.15, 0.2) is 78.4 Å². The molecule has 2 N–H and O–H groups in total. The Morgan fingerprint density at radius 2 is 1.76 bits per heavy atom. The van der Waals surface area contributed by atoms with E-state index < -0.39 is 28.7 Å². The van der Waals surface area contributed by atoms with Gasteiger partial charge in [0.05, 0.1) is 17.7 Å². The number of anilines is 2. The van der Waals surface area contributed by atoms with Crippen molar-refractivity contribution in [2.24, 2.45) is 0 Å². The lowest BCUT2D eigenvalue weighted by molar-refractivity contribution is -0.384. The summed E-state index contributed by atoms with van der Waals surface area (Å²) in [6, 6.07) is 16.9. The van der Waals surface area contributed by atoms with Gasteiger partial charge in [-0.3, -0.25) is 29.8 Å². The van der Waals surface area contributed by atoms with Crippen LogP contribution < -0.4 is 25.0 Å². The highest BCUT2D eigenvalue weighted by Gasteiger charge is 2.37. The average Bonchev–Trinajstić information content (AvgIpc) is 2.90. The molecule has 0 bridgehead atoms. The standard InChI is InChI=1S/C26H20N4O8/c1-37-20-10-8-17(9-11-20)27-23(31)15-38-21-7-2-4-16(12-21)13-22-24(32)28-26(34)29(25(22)33)18-5-3-6-19(14-18)30(35)36/h2-14H,15H2,1H3,(H,27,31)(H,28,32,34)/b22-13-. The number of barbiturate groups is 1. The van der Waals surface area contributed by atoms with Crippen LogP contribution in [0.5, 0.6) is 11.5 Å². The number of methoxy groups -OCH3 is 1. The molecule has 0 radical (unpaired) electrons. The number of non-ortho nitro benzene ring substituents is 1. The first kappa shape index (κ1) is 25.6. The number of hydrogen-bond donors (Lipinski definition) is 2. The Balaban J connectivity index is 1.48. The Morgan fingerprint density at radius 3 is 2.47 bits per heavy atom. The van der Waals surface area contributed by atoms with Gasteiger partial charge in [0.25, 0.3) is 23.4 Å². The number of benzene rings is 3. The maximum atomic E-state index is 13.1. The predicted octanol–water partition coefficient (Wildman–Crippen LogP) is 3.29. The van der Waals surface area contributed by atoms with Crippen LogP contribution in [0.1, 0.15) is 5.56 Å². The third kappa shape index (κ3) is 5.82. The van der Waals surface area contributed by atoms with Crippen molar-refractivity contribution in [1.29, 1.82) is 0 Å². The van der Waals surface area contributed by atoms with Gasteiger partial charge in [-0.2, -0.15) is 0 Å². The van der Waals surface area contributed by atoms with Gasteiger partial charge in [-0.15, -0.1) is 0 Å². The normalized spacial score (nSPS) is 14.2. The summed E-state index contributed by atoms with van der Waals surface area (Å²) in [5, 5.41) is 15.8. The Labute approximate surface area is 215 Å². The van der Waals surface area contributed by atoms with Crippen LogP contribution in [0, 0.1) is 10.1 Å². The molecule has 0 aromatic heterocycles. The van der Waals surface area contributed by atoms with E-state index in [1.54, 1.807) is 42.5 Å². The number of carbonyl (C=O) groups is 4.